The van der Waals surface area contributed by atoms with Crippen molar-refractivity contribution in [3.05, 3.63) is 34.4 Å². The van der Waals surface area contributed by atoms with E-state index < -0.39 is 5.97 Å². The number of aromatic nitrogens is 3. The molecular formula is C10H11N3O3. The smallest absolute Gasteiger partial charge is 0.303 e. The van der Waals surface area contributed by atoms with Gasteiger partial charge in [-0.05, 0) is 12.5 Å². The van der Waals surface area contributed by atoms with Crippen LogP contribution in [0.5, 0.6) is 0 Å². The highest BCUT2D eigenvalue weighted by Gasteiger charge is 2.13. The van der Waals surface area contributed by atoms with Crippen molar-refractivity contribution in [2.24, 2.45) is 0 Å². The molecule has 2 aromatic rings. The van der Waals surface area contributed by atoms with Gasteiger partial charge in [-0.25, -0.2) is 0 Å². The average molecular weight is 221 g/mol. The number of hydrogen-bond acceptors (Lipinski definition) is 2. The van der Waals surface area contributed by atoms with Gasteiger partial charge in [0.1, 0.15) is 0 Å². The van der Waals surface area contributed by atoms with Crippen LogP contribution in [-0.2, 0) is 11.2 Å². The van der Waals surface area contributed by atoms with Crippen molar-refractivity contribution < 1.29 is 9.90 Å². The van der Waals surface area contributed by atoms with Crippen molar-refractivity contribution in [2.75, 3.05) is 0 Å². The topological polar surface area (TPSA) is 102 Å². The highest BCUT2D eigenvalue weighted by atomic mass is 16.4. The number of carboxylic acids is 1. The summed E-state index contributed by atoms with van der Waals surface area (Å²) in [6.07, 6.45) is 3.64. The lowest BCUT2D eigenvalue weighted by atomic mass is 10.1. The fraction of sp³-hybridized carbons (Fsp3) is 0.200. The van der Waals surface area contributed by atoms with E-state index in [1.54, 1.807) is 12.4 Å². The normalized spacial score (nSPS) is 10.5. The predicted molar refractivity (Wildman–Crippen MR) is 57.2 cm³/mol. The Labute approximate surface area is 90.3 Å². The highest BCUT2D eigenvalue weighted by molar-refractivity contribution is 5.68. The molecule has 0 saturated carbocycles. The van der Waals surface area contributed by atoms with Crippen LogP contribution in [0.1, 0.15) is 12.0 Å². The van der Waals surface area contributed by atoms with Crippen LogP contribution in [0.25, 0.3) is 11.3 Å². The van der Waals surface area contributed by atoms with Crippen LogP contribution in [0.15, 0.2) is 23.3 Å². The first kappa shape index (κ1) is 10.3. The average Bonchev–Trinajstić information content (AvgIpc) is 2.83. The van der Waals surface area contributed by atoms with Crippen molar-refractivity contribution >= 4 is 5.97 Å². The number of H-pyrrole nitrogens is 3. The van der Waals surface area contributed by atoms with Gasteiger partial charge in [-0.2, -0.15) is 0 Å². The van der Waals surface area contributed by atoms with E-state index in [0.29, 0.717) is 11.3 Å². The third-order valence-corrected chi connectivity index (χ3v) is 2.35. The van der Waals surface area contributed by atoms with Gasteiger partial charge < -0.3 is 10.1 Å². The zero-order chi connectivity index (χ0) is 11.5. The second-order valence-electron chi connectivity index (χ2n) is 3.43. The number of carbonyl (C=O) groups is 1. The molecular weight excluding hydrogens is 210 g/mol. The fourth-order valence-electron chi connectivity index (χ4n) is 1.58. The zero-order valence-corrected chi connectivity index (χ0v) is 8.41. The summed E-state index contributed by atoms with van der Waals surface area (Å²) in [5.41, 5.74) is 1.69. The van der Waals surface area contributed by atoms with E-state index in [1.807, 2.05) is 6.07 Å². The number of hydrogen-bond donors (Lipinski definition) is 4. The maximum Gasteiger partial charge on any atom is 0.303 e. The standard InChI is InChI=1S/C10H11N3O3/c14-8(15)2-1-7-9(12-13-10(7)16)6-3-4-11-5-6/h3-5,11H,1-2H2,(H,14,15)(H2,12,13,16). The molecule has 0 fully saturated rings. The Morgan fingerprint density at radius 2 is 2.19 bits per heavy atom. The molecule has 6 heteroatoms. The van der Waals surface area contributed by atoms with E-state index in [4.69, 9.17) is 5.11 Å². The largest absolute Gasteiger partial charge is 0.481 e. The van der Waals surface area contributed by atoms with Crippen LogP contribution in [0, 0.1) is 0 Å². The Kier molecular flexibility index (Phi) is 2.63. The van der Waals surface area contributed by atoms with E-state index >= 15 is 0 Å². The Bertz CT molecular complexity index is 536. The van der Waals surface area contributed by atoms with Crippen molar-refractivity contribution in [2.45, 2.75) is 12.8 Å². The molecule has 16 heavy (non-hydrogen) atoms. The molecule has 0 aliphatic carbocycles. The summed E-state index contributed by atoms with van der Waals surface area (Å²) in [5.74, 6) is -0.916. The minimum Gasteiger partial charge on any atom is -0.481 e. The molecule has 84 valence electrons. The molecule has 2 aromatic heterocycles. The molecule has 0 radical (unpaired) electrons. The second kappa shape index (κ2) is 4.09. The maximum atomic E-state index is 11.5. The fourth-order valence-corrected chi connectivity index (χ4v) is 1.58. The molecule has 2 rings (SSSR count). The molecule has 0 spiro atoms. The van der Waals surface area contributed by atoms with Gasteiger partial charge >= 0.3 is 5.97 Å². The van der Waals surface area contributed by atoms with Gasteiger partial charge in [0.25, 0.3) is 5.56 Å². The van der Waals surface area contributed by atoms with E-state index in [9.17, 15) is 9.59 Å². The minimum absolute atomic E-state index is 0.0572. The Hall–Kier alpha value is -2.24. The van der Waals surface area contributed by atoms with Gasteiger partial charge in [-0.3, -0.25) is 19.8 Å². The Morgan fingerprint density at radius 1 is 1.38 bits per heavy atom. The molecule has 6 nitrogen and oxygen atoms in total. The molecule has 0 aromatic carbocycles. The van der Waals surface area contributed by atoms with Gasteiger partial charge in [0.05, 0.1) is 5.69 Å². The van der Waals surface area contributed by atoms with Crippen LogP contribution in [0.4, 0.5) is 0 Å². The van der Waals surface area contributed by atoms with E-state index in [-0.39, 0.29) is 18.4 Å². The summed E-state index contributed by atoms with van der Waals surface area (Å²) in [6, 6.07) is 1.81. The highest BCUT2D eigenvalue weighted by Crippen LogP contribution is 2.18. The Balaban J connectivity index is 2.33. The second-order valence-corrected chi connectivity index (χ2v) is 3.43. The summed E-state index contributed by atoms with van der Waals surface area (Å²) in [5, 5.41) is 13.8. The van der Waals surface area contributed by atoms with E-state index in [1.165, 1.54) is 0 Å². The first-order valence-corrected chi connectivity index (χ1v) is 4.83. The van der Waals surface area contributed by atoms with Gasteiger partial charge in [0.15, 0.2) is 0 Å². The van der Waals surface area contributed by atoms with Crippen LogP contribution in [0.3, 0.4) is 0 Å². The van der Waals surface area contributed by atoms with Gasteiger partial charge in [0.2, 0.25) is 0 Å². The summed E-state index contributed by atoms with van der Waals surface area (Å²) >= 11 is 0. The predicted octanol–water partition coefficient (Wildman–Crippen LogP) is 0.715. The first-order chi connectivity index (χ1) is 7.68. The molecule has 0 atom stereocenters. The monoisotopic (exact) mass is 221 g/mol. The number of carboxylic acid groups (broad SMARTS) is 1. The number of aliphatic carboxylic acids is 1. The minimum atomic E-state index is -0.916. The van der Waals surface area contributed by atoms with Crippen LogP contribution < -0.4 is 5.56 Å². The molecule has 0 aliphatic rings. The lowest BCUT2D eigenvalue weighted by molar-refractivity contribution is -0.136. The maximum absolute atomic E-state index is 11.5. The Morgan fingerprint density at radius 3 is 2.81 bits per heavy atom. The molecule has 0 saturated heterocycles. The molecule has 2 heterocycles. The van der Waals surface area contributed by atoms with Crippen molar-refractivity contribution in [3.63, 3.8) is 0 Å². The summed E-state index contributed by atoms with van der Waals surface area (Å²) < 4.78 is 0. The van der Waals surface area contributed by atoms with E-state index in [0.717, 1.165) is 5.56 Å². The summed E-state index contributed by atoms with van der Waals surface area (Å²) in [6.45, 7) is 0. The van der Waals surface area contributed by atoms with Crippen molar-refractivity contribution in [1.29, 1.82) is 0 Å². The lowest BCUT2D eigenvalue weighted by Crippen LogP contribution is -2.08. The SMILES string of the molecule is O=C(O)CCc1c(-c2cc[nH]c2)[nH][nH]c1=O. The molecule has 0 aliphatic heterocycles. The van der Waals surface area contributed by atoms with Crippen LogP contribution >= 0.6 is 0 Å². The zero-order valence-electron chi connectivity index (χ0n) is 8.41. The first-order valence-electron chi connectivity index (χ1n) is 4.83. The van der Waals surface area contributed by atoms with Crippen LogP contribution in [0.2, 0.25) is 0 Å². The van der Waals surface area contributed by atoms with Crippen molar-refractivity contribution in [3.8, 4) is 11.3 Å². The van der Waals surface area contributed by atoms with E-state index in [2.05, 4.69) is 15.2 Å². The van der Waals surface area contributed by atoms with Gasteiger partial charge in [-0.15, -0.1) is 0 Å². The molecule has 0 bridgehead atoms. The summed E-state index contributed by atoms with van der Waals surface area (Å²) in [4.78, 5) is 24.8. The third-order valence-electron chi connectivity index (χ3n) is 2.35. The van der Waals surface area contributed by atoms with Gasteiger partial charge in [0, 0.05) is 29.9 Å². The number of nitrogens with one attached hydrogen (secondary N) is 3. The van der Waals surface area contributed by atoms with Crippen molar-refractivity contribution in [1.82, 2.24) is 15.2 Å². The third kappa shape index (κ3) is 1.90. The lowest BCUT2D eigenvalue weighted by Gasteiger charge is -1.97. The molecule has 0 unspecified atom stereocenters. The molecule has 0 amide bonds. The summed E-state index contributed by atoms with van der Waals surface area (Å²) in [7, 11) is 0. The number of rotatable bonds is 4. The molecule has 4 N–H and O–H groups in total. The quantitative estimate of drug-likeness (QED) is 0.611. The number of aromatic amines is 3. The van der Waals surface area contributed by atoms with Gasteiger partial charge in [-0.1, -0.05) is 0 Å². The van der Waals surface area contributed by atoms with Crippen LogP contribution in [-0.4, -0.2) is 26.3 Å².